The summed E-state index contributed by atoms with van der Waals surface area (Å²) in [5.74, 6) is 1.86. The van der Waals surface area contributed by atoms with Crippen LogP contribution < -0.4 is 10.6 Å². The zero-order chi connectivity index (χ0) is 13.6. The molecule has 0 heterocycles. The Morgan fingerprint density at radius 2 is 1.78 bits per heavy atom. The second-order valence-electron chi connectivity index (χ2n) is 6.87. The predicted octanol–water partition coefficient (Wildman–Crippen LogP) is 2.71. The van der Waals surface area contributed by atoms with Crippen LogP contribution in [0.3, 0.4) is 0 Å². The van der Waals surface area contributed by atoms with Gasteiger partial charge in [0.05, 0.1) is 6.54 Å². The topological polar surface area (TPSA) is 41.1 Å². The first-order valence-corrected chi connectivity index (χ1v) is 7.38. The molecule has 106 valence electrons. The molecule has 1 rings (SSSR count). The number of carbonyl (C=O) groups excluding carboxylic acids is 1. The Hall–Kier alpha value is -0.570. The van der Waals surface area contributed by atoms with Crippen LogP contribution in [-0.2, 0) is 4.79 Å². The molecule has 3 nitrogen and oxygen atoms in total. The van der Waals surface area contributed by atoms with Crippen LogP contribution in [0.15, 0.2) is 0 Å². The molecule has 0 atom stereocenters. The molecule has 1 aliphatic carbocycles. The van der Waals surface area contributed by atoms with E-state index in [-0.39, 0.29) is 11.4 Å². The van der Waals surface area contributed by atoms with Gasteiger partial charge in [0.2, 0.25) is 5.91 Å². The lowest BCUT2D eigenvalue weighted by Gasteiger charge is -2.26. The first-order valence-electron chi connectivity index (χ1n) is 7.38. The highest BCUT2D eigenvalue weighted by Crippen LogP contribution is 2.29. The fourth-order valence-electron chi connectivity index (χ4n) is 2.44. The van der Waals surface area contributed by atoms with Crippen molar-refractivity contribution in [3.8, 4) is 0 Å². The minimum atomic E-state index is 0.0108. The first-order chi connectivity index (χ1) is 8.37. The molecule has 3 heteroatoms. The molecular weight excluding hydrogens is 224 g/mol. The quantitative estimate of drug-likeness (QED) is 0.792. The van der Waals surface area contributed by atoms with E-state index in [0.29, 0.717) is 6.54 Å². The van der Waals surface area contributed by atoms with Crippen molar-refractivity contribution in [1.82, 2.24) is 10.6 Å². The van der Waals surface area contributed by atoms with Crippen LogP contribution in [0.25, 0.3) is 0 Å². The third-order valence-electron chi connectivity index (χ3n) is 3.79. The van der Waals surface area contributed by atoms with E-state index in [1.165, 1.54) is 25.7 Å². The van der Waals surface area contributed by atoms with Gasteiger partial charge in [0.25, 0.3) is 0 Å². The number of nitrogens with one attached hydrogen (secondary N) is 2. The summed E-state index contributed by atoms with van der Waals surface area (Å²) in [6, 6.07) is 0. The molecule has 0 bridgehead atoms. The SMILES string of the molecule is CC1CCC(CCNC(=O)CNC(C)(C)C)CC1. The summed E-state index contributed by atoms with van der Waals surface area (Å²) in [5, 5.41) is 6.22. The number of rotatable bonds is 5. The predicted molar refractivity (Wildman–Crippen MR) is 76.5 cm³/mol. The maximum atomic E-state index is 11.6. The lowest BCUT2D eigenvalue weighted by Crippen LogP contribution is -2.43. The average Bonchev–Trinajstić information content (AvgIpc) is 2.28. The summed E-state index contributed by atoms with van der Waals surface area (Å²) >= 11 is 0. The minimum absolute atomic E-state index is 0.0108. The van der Waals surface area contributed by atoms with Gasteiger partial charge in [-0.15, -0.1) is 0 Å². The van der Waals surface area contributed by atoms with E-state index in [1.54, 1.807) is 0 Å². The molecular formula is C15H30N2O. The molecule has 1 fully saturated rings. The Kier molecular flexibility index (Phi) is 6.13. The largest absolute Gasteiger partial charge is 0.355 e. The van der Waals surface area contributed by atoms with Crippen molar-refractivity contribution in [1.29, 1.82) is 0 Å². The van der Waals surface area contributed by atoms with Gasteiger partial charge in [-0.1, -0.05) is 32.6 Å². The van der Waals surface area contributed by atoms with Gasteiger partial charge >= 0.3 is 0 Å². The Morgan fingerprint density at radius 3 is 2.33 bits per heavy atom. The van der Waals surface area contributed by atoms with Crippen LogP contribution in [0.4, 0.5) is 0 Å². The standard InChI is InChI=1S/C15H30N2O/c1-12-5-7-13(8-6-12)9-10-16-14(18)11-17-15(2,3)4/h12-13,17H,5-11H2,1-4H3,(H,16,18). The molecule has 0 aromatic carbocycles. The first kappa shape index (κ1) is 15.5. The second-order valence-corrected chi connectivity index (χ2v) is 6.87. The van der Waals surface area contributed by atoms with E-state index in [1.807, 2.05) is 0 Å². The maximum Gasteiger partial charge on any atom is 0.233 e. The van der Waals surface area contributed by atoms with Crippen molar-refractivity contribution >= 4 is 5.91 Å². The molecule has 0 aromatic heterocycles. The van der Waals surface area contributed by atoms with Gasteiger partial charge < -0.3 is 10.6 Å². The summed E-state index contributed by atoms with van der Waals surface area (Å²) in [5.41, 5.74) is 0.0108. The molecule has 1 aliphatic rings. The molecule has 1 saturated carbocycles. The zero-order valence-corrected chi connectivity index (χ0v) is 12.5. The van der Waals surface area contributed by atoms with Crippen molar-refractivity contribution in [2.45, 2.75) is 65.3 Å². The van der Waals surface area contributed by atoms with Gasteiger partial charge in [-0.05, 0) is 39.0 Å². The fraction of sp³-hybridized carbons (Fsp3) is 0.933. The molecule has 2 N–H and O–H groups in total. The third-order valence-corrected chi connectivity index (χ3v) is 3.79. The summed E-state index contributed by atoms with van der Waals surface area (Å²) in [4.78, 5) is 11.6. The van der Waals surface area contributed by atoms with Crippen LogP contribution >= 0.6 is 0 Å². The molecule has 0 radical (unpaired) electrons. The molecule has 0 aromatic rings. The van der Waals surface area contributed by atoms with Crippen LogP contribution in [-0.4, -0.2) is 24.5 Å². The molecule has 0 aliphatic heterocycles. The van der Waals surface area contributed by atoms with Gasteiger partial charge in [-0.2, -0.15) is 0 Å². The van der Waals surface area contributed by atoms with E-state index < -0.39 is 0 Å². The summed E-state index contributed by atoms with van der Waals surface area (Å²) in [6.45, 7) is 9.82. The van der Waals surface area contributed by atoms with Gasteiger partial charge in [-0.25, -0.2) is 0 Å². The average molecular weight is 254 g/mol. The van der Waals surface area contributed by atoms with E-state index in [0.717, 1.165) is 24.8 Å². The van der Waals surface area contributed by atoms with Crippen molar-refractivity contribution < 1.29 is 4.79 Å². The van der Waals surface area contributed by atoms with Gasteiger partial charge in [0.15, 0.2) is 0 Å². The molecule has 0 saturated heterocycles. The Morgan fingerprint density at radius 1 is 1.17 bits per heavy atom. The smallest absolute Gasteiger partial charge is 0.233 e. The maximum absolute atomic E-state index is 11.6. The second kappa shape index (κ2) is 7.13. The van der Waals surface area contributed by atoms with Crippen LogP contribution in [0.2, 0.25) is 0 Å². The molecule has 0 unspecified atom stereocenters. The molecule has 0 spiro atoms. The molecule has 18 heavy (non-hydrogen) atoms. The van der Waals surface area contributed by atoms with Crippen LogP contribution in [0.5, 0.6) is 0 Å². The summed E-state index contributed by atoms with van der Waals surface area (Å²) < 4.78 is 0. The third kappa shape index (κ3) is 7.00. The van der Waals surface area contributed by atoms with E-state index in [2.05, 4.69) is 38.3 Å². The highest BCUT2D eigenvalue weighted by atomic mass is 16.1. The summed E-state index contributed by atoms with van der Waals surface area (Å²) in [7, 11) is 0. The van der Waals surface area contributed by atoms with E-state index >= 15 is 0 Å². The van der Waals surface area contributed by atoms with Crippen molar-refractivity contribution in [2.24, 2.45) is 11.8 Å². The number of hydrogen-bond acceptors (Lipinski definition) is 2. The Balaban J connectivity index is 2.05. The van der Waals surface area contributed by atoms with E-state index in [9.17, 15) is 4.79 Å². The minimum Gasteiger partial charge on any atom is -0.355 e. The highest BCUT2D eigenvalue weighted by molar-refractivity contribution is 5.78. The Labute approximate surface area is 112 Å². The number of amides is 1. The molecule has 1 amide bonds. The van der Waals surface area contributed by atoms with E-state index in [4.69, 9.17) is 0 Å². The van der Waals surface area contributed by atoms with Crippen molar-refractivity contribution in [3.05, 3.63) is 0 Å². The van der Waals surface area contributed by atoms with Crippen molar-refractivity contribution in [2.75, 3.05) is 13.1 Å². The van der Waals surface area contributed by atoms with Gasteiger partial charge in [-0.3, -0.25) is 4.79 Å². The van der Waals surface area contributed by atoms with Crippen molar-refractivity contribution in [3.63, 3.8) is 0 Å². The van der Waals surface area contributed by atoms with Crippen LogP contribution in [0, 0.1) is 11.8 Å². The zero-order valence-electron chi connectivity index (χ0n) is 12.5. The monoisotopic (exact) mass is 254 g/mol. The summed E-state index contributed by atoms with van der Waals surface area (Å²) in [6.07, 6.45) is 6.57. The van der Waals surface area contributed by atoms with Gasteiger partial charge in [0.1, 0.15) is 0 Å². The van der Waals surface area contributed by atoms with Crippen LogP contribution in [0.1, 0.15) is 59.8 Å². The van der Waals surface area contributed by atoms with Gasteiger partial charge in [0, 0.05) is 12.1 Å². The highest BCUT2D eigenvalue weighted by Gasteiger charge is 2.18. The normalized spacial score (nSPS) is 24.9. The lowest BCUT2D eigenvalue weighted by molar-refractivity contribution is -0.120. The lowest BCUT2D eigenvalue weighted by atomic mass is 9.81. The fourth-order valence-corrected chi connectivity index (χ4v) is 2.44. The number of carbonyl (C=O) groups is 1. The number of hydrogen-bond donors (Lipinski definition) is 2. The Bertz CT molecular complexity index is 250.